The quantitative estimate of drug-likeness (QED) is 0.665. The molecule has 1 aliphatic rings. The zero-order valence-electron chi connectivity index (χ0n) is 14.7. The third-order valence-electron chi connectivity index (χ3n) is 4.55. The molecular weight excluding hydrogens is 330 g/mol. The third-order valence-corrected chi connectivity index (χ3v) is 4.55. The van der Waals surface area contributed by atoms with Gasteiger partial charge in [0.1, 0.15) is 29.3 Å². The van der Waals surface area contributed by atoms with Gasteiger partial charge >= 0.3 is 5.97 Å². The molecule has 0 saturated carbocycles. The van der Waals surface area contributed by atoms with E-state index < -0.39 is 0 Å². The number of hydrogen-bond donors (Lipinski definition) is 0. The Hall–Kier alpha value is -2.79. The van der Waals surface area contributed by atoms with Gasteiger partial charge in [-0.1, -0.05) is 36.4 Å². The number of esters is 1. The largest absolute Gasteiger partial charge is 0.492 e. The lowest BCUT2D eigenvalue weighted by molar-refractivity contribution is 0.0524. The van der Waals surface area contributed by atoms with Gasteiger partial charge in [0.2, 0.25) is 0 Å². The van der Waals surface area contributed by atoms with Crippen molar-refractivity contribution in [3.8, 4) is 5.75 Å². The molecule has 0 N–H and O–H groups in total. The number of carbonyl (C=O) groups excluding carboxylic acids is 1. The average Bonchev–Trinajstić information content (AvgIpc) is 2.87. The van der Waals surface area contributed by atoms with Crippen LogP contribution in [0.4, 0.5) is 0 Å². The highest BCUT2D eigenvalue weighted by atomic mass is 16.5. The molecule has 3 aromatic rings. The summed E-state index contributed by atoms with van der Waals surface area (Å²) in [5.74, 6) is 1.23. The zero-order valence-corrected chi connectivity index (χ0v) is 14.7. The Morgan fingerprint density at radius 1 is 1.15 bits per heavy atom. The predicted octanol–water partition coefficient (Wildman–Crippen LogP) is 4.00. The van der Waals surface area contributed by atoms with Gasteiger partial charge in [-0.3, -0.25) is 4.90 Å². The minimum atomic E-state index is -0.334. The SMILES string of the molecule is CCOC(=O)c1c(CN2CCOc3ccccc3C2)oc2ccccc12. The van der Waals surface area contributed by atoms with Crippen LogP contribution in [-0.2, 0) is 17.8 Å². The van der Waals surface area contributed by atoms with Crippen LogP contribution in [0.5, 0.6) is 5.75 Å². The van der Waals surface area contributed by atoms with E-state index in [4.69, 9.17) is 13.9 Å². The molecule has 4 rings (SSSR count). The lowest BCUT2D eigenvalue weighted by Gasteiger charge is -2.18. The van der Waals surface area contributed by atoms with Gasteiger partial charge < -0.3 is 13.9 Å². The molecule has 0 saturated heterocycles. The van der Waals surface area contributed by atoms with Gasteiger partial charge in [0.25, 0.3) is 0 Å². The molecule has 1 aliphatic heterocycles. The fourth-order valence-corrected chi connectivity index (χ4v) is 3.35. The van der Waals surface area contributed by atoms with Gasteiger partial charge in [0.05, 0.1) is 13.2 Å². The molecule has 0 bridgehead atoms. The molecule has 0 aliphatic carbocycles. The van der Waals surface area contributed by atoms with Crippen molar-refractivity contribution >= 4 is 16.9 Å². The summed E-state index contributed by atoms with van der Waals surface area (Å²) in [6.07, 6.45) is 0. The molecule has 2 aromatic carbocycles. The van der Waals surface area contributed by atoms with E-state index >= 15 is 0 Å². The van der Waals surface area contributed by atoms with Gasteiger partial charge in [-0.05, 0) is 19.1 Å². The fourth-order valence-electron chi connectivity index (χ4n) is 3.35. The smallest absolute Gasteiger partial charge is 0.342 e. The summed E-state index contributed by atoms with van der Waals surface area (Å²) in [6, 6.07) is 15.6. The summed E-state index contributed by atoms with van der Waals surface area (Å²) in [5.41, 5.74) is 2.37. The molecule has 1 aromatic heterocycles. The molecule has 0 unspecified atom stereocenters. The Labute approximate surface area is 152 Å². The molecule has 26 heavy (non-hydrogen) atoms. The van der Waals surface area contributed by atoms with Gasteiger partial charge in [-0.2, -0.15) is 0 Å². The fraction of sp³-hybridized carbons (Fsp3) is 0.286. The normalized spacial score (nSPS) is 14.5. The second-order valence-corrected chi connectivity index (χ2v) is 6.28. The van der Waals surface area contributed by atoms with Crippen LogP contribution < -0.4 is 4.74 Å². The van der Waals surface area contributed by atoms with Gasteiger partial charge in [-0.25, -0.2) is 4.79 Å². The summed E-state index contributed by atoms with van der Waals surface area (Å²) >= 11 is 0. The number of rotatable bonds is 4. The van der Waals surface area contributed by atoms with Crippen molar-refractivity contribution in [2.24, 2.45) is 0 Å². The Kier molecular flexibility index (Phi) is 4.63. The third kappa shape index (κ3) is 3.18. The molecule has 5 nitrogen and oxygen atoms in total. The van der Waals surface area contributed by atoms with Crippen LogP contribution in [-0.4, -0.2) is 30.6 Å². The number of benzene rings is 2. The second-order valence-electron chi connectivity index (χ2n) is 6.28. The van der Waals surface area contributed by atoms with E-state index in [9.17, 15) is 4.79 Å². The number of ether oxygens (including phenoxy) is 2. The van der Waals surface area contributed by atoms with E-state index in [1.54, 1.807) is 0 Å². The standard InChI is InChI=1S/C21H21NO4/c1-2-24-21(23)20-16-8-4-6-10-18(16)26-19(20)14-22-11-12-25-17-9-5-3-7-15(17)13-22/h3-10H,2,11-14H2,1H3. The summed E-state index contributed by atoms with van der Waals surface area (Å²) < 4.78 is 17.1. The maximum atomic E-state index is 12.5. The summed E-state index contributed by atoms with van der Waals surface area (Å²) in [4.78, 5) is 14.8. The number of nitrogens with zero attached hydrogens (tertiary/aromatic N) is 1. The van der Waals surface area contributed by atoms with Crippen molar-refractivity contribution < 1.29 is 18.7 Å². The summed E-state index contributed by atoms with van der Waals surface area (Å²) in [6.45, 7) is 4.78. The zero-order chi connectivity index (χ0) is 17.9. The molecule has 0 atom stereocenters. The minimum Gasteiger partial charge on any atom is -0.492 e. The number of hydrogen-bond acceptors (Lipinski definition) is 5. The Morgan fingerprint density at radius 3 is 2.85 bits per heavy atom. The van der Waals surface area contributed by atoms with Crippen molar-refractivity contribution in [2.45, 2.75) is 20.0 Å². The Balaban J connectivity index is 1.66. The first kappa shape index (κ1) is 16.7. The van der Waals surface area contributed by atoms with Crippen molar-refractivity contribution in [2.75, 3.05) is 19.8 Å². The first-order chi connectivity index (χ1) is 12.8. The van der Waals surface area contributed by atoms with Crippen molar-refractivity contribution in [3.05, 3.63) is 65.4 Å². The predicted molar refractivity (Wildman–Crippen MR) is 98.2 cm³/mol. The minimum absolute atomic E-state index is 0.334. The van der Waals surface area contributed by atoms with E-state index in [0.717, 1.165) is 29.8 Å². The van der Waals surface area contributed by atoms with Gasteiger partial charge in [0.15, 0.2) is 0 Å². The molecule has 134 valence electrons. The van der Waals surface area contributed by atoms with Crippen molar-refractivity contribution in [3.63, 3.8) is 0 Å². The van der Waals surface area contributed by atoms with Crippen molar-refractivity contribution in [1.29, 1.82) is 0 Å². The van der Waals surface area contributed by atoms with E-state index in [0.29, 0.717) is 36.7 Å². The highest BCUT2D eigenvalue weighted by Gasteiger charge is 2.24. The van der Waals surface area contributed by atoms with Gasteiger partial charge in [0, 0.05) is 24.0 Å². The first-order valence-corrected chi connectivity index (χ1v) is 8.87. The molecule has 0 amide bonds. The molecule has 0 fully saturated rings. The van der Waals surface area contributed by atoms with Crippen molar-refractivity contribution in [1.82, 2.24) is 4.90 Å². The number of carbonyl (C=O) groups is 1. The molecule has 0 spiro atoms. The summed E-state index contributed by atoms with van der Waals surface area (Å²) in [5, 5.41) is 0.799. The number of fused-ring (bicyclic) bond motifs is 2. The Bertz CT molecular complexity index is 931. The first-order valence-electron chi connectivity index (χ1n) is 8.87. The van der Waals surface area contributed by atoms with Crippen LogP contribution in [0.2, 0.25) is 0 Å². The van der Waals surface area contributed by atoms with Crippen LogP contribution in [0.3, 0.4) is 0 Å². The summed E-state index contributed by atoms with van der Waals surface area (Å²) in [7, 11) is 0. The highest BCUT2D eigenvalue weighted by Crippen LogP contribution is 2.29. The van der Waals surface area contributed by atoms with Crippen LogP contribution in [0.15, 0.2) is 52.9 Å². The van der Waals surface area contributed by atoms with Crippen LogP contribution in [0.1, 0.15) is 28.6 Å². The Morgan fingerprint density at radius 2 is 1.96 bits per heavy atom. The van der Waals surface area contributed by atoms with E-state index in [2.05, 4.69) is 11.0 Å². The van der Waals surface area contributed by atoms with Crippen LogP contribution in [0.25, 0.3) is 11.0 Å². The molecule has 2 heterocycles. The maximum absolute atomic E-state index is 12.5. The highest BCUT2D eigenvalue weighted by molar-refractivity contribution is 6.04. The van der Waals surface area contributed by atoms with Crippen LogP contribution >= 0.6 is 0 Å². The van der Waals surface area contributed by atoms with E-state index in [-0.39, 0.29) is 5.97 Å². The molecular formula is C21H21NO4. The second kappa shape index (κ2) is 7.22. The number of furan rings is 1. The monoisotopic (exact) mass is 351 g/mol. The van der Waals surface area contributed by atoms with Crippen LogP contribution in [0, 0.1) is 0 Å². The van der Waals surface area contributed by atoms with Gasteiger partial charge in [-0.15, -0.1) is 0 Å². The molecule has 0 radical (unpaired) electrons. The number of para-hydroxylation sites is 2. The molecule has 5 heteroatoms. The maximum Gasteiger partial charge on any atom is 0.342 e. The lowest BCUT2D eigenvalue weighted by Crippen LogP contribution is -2.26. The topological polar surface area (TPSA) is 51.9 Å². The lowest BCUT2D eigenvalue weighted by atomic mass is 10.1. The van der Waals surface area contributed by atoms with E-state index in [1.165, 1.54) is 0 Å². The van der Waals surface area contributed by atoms with E-state index in [1.807, 2.05) is 49.4 Å². The average molecular weight is 351 g/mol.